The fourth-order valence-electron chi connectivity index (χ4n) is 1.08. The molecule has 80 valence electrons. The van der Waals surface area contributed by atoms with Crippen LogP contribution in [-0.4, -0.2) is 9.36 Å². The summed E-state index contributed by atoms with van der Waals surface area (Å²) < 4.78 is 5.35. The quantitative estimate of drug-likeness (QED) is 0.939. The average molecular weight is 304 g/mol. The molecule has 0 saturated heterocycles. The Kier molecular flexibility index (Phi) is 3.71. The predicted molar refractivity (Wildman–Crippen MR) is 68.6 cm³/mol. The molecular formula is C9H10BrN3S2. The van der Waals surface area contributed by atoms with Gasteiger partial charge in [-0.1, -0.05) is 6.92 Å². The van der Waals surface area contributed by atoms with Crippen LogP contribution in [0.15, 0.2) is 15.9 Å². The molecule has 0 aliphatic carbocycles. The van der Waals surface area contributed by atoms with E-state index in [0.29, 0.717) is 0 Å². The summed E-state index contributed by atoms with van der Waals surface area (Å²) in [6, 6.07) is 2.11. The van der Waals surface area contributed by atoms with Crippen molar-refractivity contribution in [3.05, 3.63) is 26.6 Å². The molecule has 0 atom stereocenters. The lowest BCUT2D eigenvalue weighted by Gasteiger charge is -1.97. The maximum atomic E-state index is 4.34. The van der Waals surface area contributed by atoms with Gasteiger partial charge in [-0.3, -0.25) is 0 Å². The molecule has 0 saturated carbocycles. The van der Waals surface area contributed by atoms with E-state index in [1.807, 2.05) is 0 Å². The van der Waals surface area contributed by atoms with Gasteiger partial charge < -0.3 is 5.32 Å². The minimum atomic E-state index is 0.814. The molecule has 2 aromatic heterocycles. The van der Waals surface area contributed by atoms with E-state index in [9.17, 15) is 0 Å². The molecule has 1 N–H and O–H groups in total. The standard InChI is InChI=1S/C9H10BrN3S2/c1-2-8-12-9(15-13-8)11-4-7-3-6(10)5-14-7/h3,5H,2,4H2,1H3,(H,11,12,13). The maximum absolute atomic E-state index is 4.34. The third-order valence-electron chi connectivity index (χ3n) is 1.82. The minimum absolute atomic E-state index is 0.814. The third-order valence-corrected chi connectivity index (χ3v) is 4.23. The summed E-state index contributed by atoms with van der Waals surface area (Å²) in [6.45, 7) is 2.87. The second-order valence-electron chi connectivity index (χ2n) is 2.95. The van der Waals surface area contributed by atoms with Gasteiger partial charge in [0.1, 0.15) is 5.82 Å². The van der Waals surface area contributed by atoms with E-state index in [2.05, 4.69) is 49.0 Å². The zero-order valence-electron chi connectivity index (χ0n) is 8.16. The molecule has 2 aromatic rings. The molecule has 2 heterocycles. The molecule has 0 spiro atoms. The Morgan fingerprint density at radius 3 is 3.00 bits per heavy atom. The number of nitrogens with zero attached hydrogens (tertiary/aromatic N) is 2. The summed E-state index contributed by atoms with van der Waals surface area (Å²) in [5.74, 6) is 0.912. The van der Waals surface area contributed by atoms with Gasteiger partial charge in [-0.2, -0.15) is 4.37 Å². The van der Waals surface area contributed by atoms with E-state index < -0.39 is 0 Å². The Bertz CT molecular complexity index is 438. The van der Waals surface area contributed by atoms with E-state index in [0.717, 1.165) is 28.4 Å². The number of hydrogen-bond acceptors (Lipinski definition) is 5. The number of thiophene rings is 1. The van der Waals surface area contributed by atoms with Crippen molar-refractivity contribution in [2.24, 2.45) is 0 Å². The van der Waals surface area contributed by atoms with Crippen LogP contribution in [0.4, 0.5) is 5.13 Å². The third kappa shape index (κ3) is 2.99. The van der Waals surface area contributed by atoms with Crippen LogP contribution in [0.1, 0.15) is 17.6 Å². The average Bonchev–Trinajstić information content (AvgIpc) is 2.83. The second-order valence-corrected chi connectivity index (χ2v) is 5.62. The highest BCUT2D eigenvalue weighted by Crippen LogP contribution is 2.21. The number of halogens is 1. The molecule has 0 amide bonds. The van der Waals surface area contributed by atoms with Crippen molar-refractivity contribution in [2.75, 3.05) is 5.32 Å². The first-order chi connectivity index (χ1) is 7.28. The number of nitrogens with one attached hydrogen (secondary N) is 1. The number of aromatic nitrogens is 2. The fraction of sp³-hybridized carbons (Fsp3) is 0.333. The zero-order valence-corrected chi connectivity index (χ0v) is 11.4. The first-order valence-corrected chi connectivity index (χ1v) is 7.02. The number of aryl methyl sites for hydroxylation is 1. The monoisotopic (exact) mass is 303 g/mol. The second kappa shape index (κ2) is 5.05. The van der Waals surface area contributed by atoms with E-state index in [1.54, 1.807) is 11.3 Å². The molecule has 15 heavy (non-hydrogen) atoms. The molecule has 6 heteroatoms. The number of anilines is 1. The van der Waals surface area contributed by atoms with Crippen molar-refractivity contribution in [3.63, 3.8) is 0 Å². The molecular weight excluding hydrogens is 294 g/mol. The lowest BCUT2D eigenvalue weighted by Crippen LogP contribution is -1.96. The van der Waals surface area contributed by atoms with Crippen LogP contribution in [0.2, 0.25) is 0 Å². The number of hydrogen-bond donors (Lipinski definition) is 1. The molecule has 3 nitrogen and oxygen atoms in total. The van der Waals surface area contributed by atoms with Crippen LogP contribution in [0, 0.1) is 0 Å². The van der Waals surface area contributed by atoms with Crippen LogP contribution in [0.25, 0.3) is 0 Å². The Morgan fingerprint density at radius 2 is 2.40 bits per heavy atom. The van der Waals surface area contributed by atoms with Crippen molar-refractivity contribution >= 4 is 43.9 Å². The molecule has 0 fully saturated rings. The minimum Gasteiger partial charge on any atom is -0.355 e. The highest BCUT2D eigenvalue weighted by molar-refractivity contribution is 9.10. The van der Waals surface area contributed by atoms with Gasteiger partial charge in [-0.15, -0.1) is 11.3 Å². The van der Waals surface area contributed by atoms with E-state index >= 15 is 0 Å². The van der Waals surface area contributed by atoms with Crippen molar-refractivity contribution < 1.29 is 0 Å². The topological polar surface area (TPSA) is 37.8 Å². The lowest BCUT2D eigenvalue weighted by molar-refractivity contribution is 0.994. The maximum Gasteiger partial charge on any atom is 0.202 e. The molecule has 0 radical (unpaired) electrons. The molecule has 2 rings (SSSR count). The lowest BCUT2D eigenvalue weighted by atomic mass is 10.5. The Morgan fingerprint density at radius 1 is 1.53 bits per heavy atom. The first kappa shape index (κ1) is 11.0. The van der Waals surface area contributed by atoms with Crippen LogP contribution in [0.3, 0.4) is 0 Å². The van der Waals surface area contributed by atoms with Gasteiger partial charge in [0.05, 0.1) is 6.54 Å². The fourth-order valence-corrected chi connectivity index (χ4v) is 3.11. The summed E-state index contributed by atoms with van der Waals surface area (Å²) in [5, 5.41) is 6.24. The van der Waals surface area contributed by atoms with Crippen molar-refractivity contribution in [3.8, 4) is 0 Å². The van der Waals surface area contributed by atoms with Crippen LogP contribution in [-0.2, 0) is 13.0 Å². The molecule has 0 bridgehead atoms. The Labute approximate surface area is 105 Å². The predicted octanol–water partition coefficient (Wildman–Crippen LogP) is 3.54. The molecule has 0 aromatic carbocycles. The summed E-state index contributed by atoms with van der Waals surface area (Å²) in [6.07, 6.45) is 0.892. The van der Waals surface area contributed by atoms with Gasteiger partial charge in [-0.05, 0) is 22.0 Å². The van der Waals surface area contributed by atoms with Crippen molar-refractivity contribution in [2.45, 2.75) is 19.9 Å². The van der Waals surface area contributed by atoms with Crippen LogP contribution >= 0.6 is 38.8 Å². The smallest absolute Gasteiger partial charge is 0.202 e. The molecule has 0 aliphatic rings. The van der Waals surface area contributed by atoms with E-state index in [4.69, 9.17) is 0 Å². The SMILES string of the molecule is CCc1nsc(NCc2cc(Br)cs2)n1. The van der Waals surface area contributed by atoms with Crippen LogP contribution in [0.5, 0.6) is 0 Å². The normalized spacial score (nSPS) is 10.5. The highest BCUT2D eigenvalue weighted by Gasteiger charge is 2.02. The van der Waals surface area contributed by atoms with Gasteiger partial charge >= 0.3 is 0 Å². The highest BCUT2D eigenvalue weighted by atomic mass is 79.9. The molecule has 0 unspecified atom stereocenters. The summed E-state index contributed by atoms with van der Waals surface area (Å²) in [7, 11) is 0. The summed E-state index contributed by atoms with van der Waals surface area (Å²) in [5.41, 5.74) is 0. The largest absolute Gasteiger partial charge is 0.355 e. The van der Waals surface area contributed by atoms with Gasteiger partial charge in [0.25, 0.3) is 0 Å². The van der Waals surface area contributed by atoms with Crippen LogP contribution < -0.4 is 5.32 Å². The molecule has 0 aliphatic heterocycles. The van der Waals surface area contributed by atoms with Crippen molar-refractivity contribution in [1.82, 2.24) is 9.36 Å². The van der Waals surface area contributed by atoms with Gasteiger partial charge in [0, 0.05) is 32.7 Å². The first-order valence-electron chi connectivity index (χ1n) is 4.57. The Hall–Kier alpha value is -0.460. The van der Waals surface area contributed by atoms with Crippen molar-refractivity contribution in [1.29, 1.82) is 0 Å². The van der Waals surface area contributed by atoms with Gasteiger partial charge in [0.15, 0.2) is 0 Å². The summed E-state index contributed by atoms with van der Waals surface area (Å²) >= 11 is 6.58. The summed E-state index contributed by atoms with van der Waals surface area (Å²) in [4.78, 5) is 5.63. The van der Waals surface area contributed by atoms with E-state index in [-0.39, 0.29) is 0 Å². The Balaban J connectivity index is 1.93. The van der Waals surface area contributed by atoms with E-state index in [1.165, 1.54) is 16.4 Å². The van der Waals surface area contributed by atoms with Gasteiger partial charge in [-0.25, -0.2) is 4.98 Å². The zero-order chi connectivity index (χ0) is 10.7. The number of rotatable bonds is 4. The van der Waals surface area contributed by atoms with Gasteiger partial charge in [0.2, 0.25) is 5.13 Å².